The molecule has 120 heavy (non-hydrogen) atoms. The number of aryl methyl sites for hydroxylation is 9. The topological polar surface area (TPSA) is 179 Å². The van der Waals surface area contributed by atoms with Crippen molar-refractivity contribution in [1.82, 2.24) is 15.0 Å². The summed E-state index contributed by atoms with van der Waals surface area (Å²) >= 11 is 5.98. The number of carbonyl (C=O) groups excluding carboxylic acids is 2. The van der Waals surface area contributed by atoms with Crippen molar-refractivity contribution in [3.63, 3.8) is 0 Å². The number of pyridine rings is 3. The molecule has 0 aliphatic carbocycles. The Kier molecular flexibility index (Phi) is 26.6. The summed E-state index contributed by atoms with van der Waals surface area (Å²) in [5.74, 6) is -3.54. The normalized spacial score (nSPS) is 11.0. The predicted molar refractivity (Wildman–Crippen MR) is 474 cm³/mol. The second-order valence-electron chi connectivity index (χ2n) is 29.0. The number of carboxylic acid groups (broad SMARTS) is 1. The minimum atomic E-state index is -1.02. The van der Waals surface area contributed by atoms with Crippen molar-refractivity contribution in [1.29, 1.82) is 0 Å². The summed E-state index contributed by atoms with van der Waals surface area (Å²) in [4.78, 5) is 57.4. The number of carbonyl (C=O) groups is 3. The van der Waals surface area contributed by atoms with Gasteiger partial charge in [0.2, 0.25) is 5.91 Å². The molecule has 15 aromatic carbocycles. The molecule has 2 N–H and O–H groups in total. The molecule has 0 unspecified atom stereocenters. The van der Waals surface area contributed by atoms with E-state index in [4.69, 9.17) is 22.2 Å². The van der Waals surface area contributed by atoms with Gasteiger partial charge in [0.15, 0.2) is 6.29 Å². The first-order valence-electron chi connectivity index (χ1n) is 37.8. The van der Waals surface area contributed by atoms with Gasteiger partial charge in [-0.3, -0.25) is 19.4 Å². The summed E-state index contributed by atoms with van der Waals surface area (Å²) in [7, 11) is 0. The number of hydrogen-bond acceptors (Lipinski definition) is 6. The van der Waals surface area contributed by atoms with Crippen molar-refractivity contribution in [2.24, 2.45) is 5.11 Å². The fourth-order valence-corrected chi connectivity index (χ4v) is 14.5. The van der Waals surface area contributed by atoms with Crippen LogP contribution in [0.5, 0.6) is 0 Å². The third-order valence-corrected chi connectivity index (χ3v) is 20.2. The second kappa shape index (κ2) is 37.7. The zero-order chi connectivity index (χ0) is 85.8. The zero-order valence-corrected chi connectivity index (χ0v) is 67.2. The van der Waals surface area contributed by atoms with Crippen LogP contribution >= 0.6 is 11.6 Å². The van der Waals surface area contributed by atoms with Gasteiger partial charge in [0, 0.05) is 89.2 Å². The lowest BCUT2D eigenvalue weighted by atomic mass is 9.96. The SMILES string of the molecule is Cc1cc(C)cc(-c2nccc3c2cc(F)c2cc(C)ccc23)c1.Cc1ccc2c(/C=C\C(=O)N=[N+]=[N-])ccc(F)c2c1.Cc1ccc2c(/C=C\C(=O)O)ccc(F)c2c1.Cc1ccc2c(C=O)ccc(F)c2c1.Cc1ccc2c(c1)c(F)cc1c(=O)[nH]ccc12.Cc1ccc2c(c1)c(F)cc1c(Cl)nccc12.Cc1ccc2cccc(F)c2c1. The number of aromatic amines is 1. The van der Waals surface area contributed by atoms with Gasteiger partial charge in [0.25, 0.3) is 5.56 Å². The quantitative estimate of drug-likeness (QED) is 0.0243. The van der Waals surface area contributed by atoms with Crippen LogP contribution in [0.1, 0.15) is 71.6 Å². The van der Waals surface area contributed by atoms with Crippen LogP contribution in [0.15, 0.2) is 277 Å². The van der Waals surface area contributed by atoms with Crippen LogP contribution in [0.2, 0.25) is 5.15 Å². The maximum Gasteiger partial charge on any atom is 0.328 e. The lowest BCUT2D eigenvalue weighted by Gasteiger charge is -2.11. The van der Waals surface area contributed by atoms with Crippen molar-refractivity contribution in [3.8, 4) is 11.3 Å². The fraction of sp³-hybridized carbons (Fsp3) is 0.0891. The van der Waals surface area contributed by atoms with Gasteiger partial charge in [-0.25, -0.2) is 40.5 Å². The van der Waals surface area contributed by atoms with E-state index in [0.717, 1.165) is 112 Å². The summed E-state index contributed by atoms with van der Waals surface area (Å²) in [5, 5.41) is 26.2. The number of fused-ring (bicyclic) bond motifs is 13. The molecule has 0 radical (unpaired) electrons. The minimum Gasteiger partial charge on any atom is -0.478 e. The smallest absolute Gasteiger partial charge is 0.328 e. The maximum atomic E-state index is 14.7. The fourth-order valence-electron chi connectivity index (χ4n) is 14.3. The first-order valence-corrected chi connectivity index (χ1v) is 38.2. The number of amides is 1. The second-order valence-corrected chi connectivity index (χ2v) is 29.3. The highest BCUT2D eigenvalue weighted by Crippen LogP contribution is 2.37. The Morgan fingerprint density at radius 1 is 0.375 bits per heavy atom. The van der Waals surface area contributed by atoms with Gasteiger partial charge >= 0.3 is 5.97 Å². The molecular weight excluding hydrogens is 1550 g/mol. The molecule has 0 spiro atoms. The Labute approximate surface area is 690 Å². The van der Waals surface area contributed by atoms with Crippen molar-refractivity contribution in [2.45, 2.75) is 62.3 Å². The molecule has 0 bridgehead atoms. The number of azide groups is 1. The number of aldehydes is 1. The molecule has 0 saturated carbocycles. The largest absolute Gasteiger partial charge is 0.478 e. The Balaban J connectivity index is 0.000000129. The average Bonchev–Trinajstić information content (AvgIpc) is 0.760. The maximum absolute atomic E-state index is 14.7. The van der Waals surface area contributed by atoms with Crippen molar-refractivity contribution >= 4 is 150 Å². The summed E-state index contributed by atoms with van der Waals surface area (Å²) in [6.07, 6.45) is 11.0. The first kappa shape index (κ1) is 84.9. The van der Waals surface area contributed by atoms with Crippen LogP contribution < -0.4 is 5.56 Å². The van der Waals surface area contributed by atoms with E-state index in [1.165, 1.54) is 65.7 Å². The number of halogens is 8. The molecule has 18 aromatic rings. The summed E-state index contributed by atoms with van der Waals surface area (Å²) < 4.78 is 96.5. The number of benzene rings is 15. The number of carboxylic acids is 1. The summed E-state index contributed by atoms with van der Waals surface area (Å²) in [6.45, 7) is 17.6. The number of nitrogens with zero attached hydrogens (tertiary/aromatic N) is 5. The lowest BCUT2D eigenvalue weighted by Crippen LogP contribution is -2.05. The Hall–Kier alpha value is -14.5. The summed E-state index contributed by atoms with van der Waals surface area (Å²) in [5.41, 5.74) is 21.1. The van der Waals surface area contributed by atoms with Crippen LogP contribution in [0.3, 0.4) is 0 Å². The lowest BCUT2D eigenvalue weighted by molar-refractivity contribution is -0.131. The highest BCUT2D eigenvalue weighted by molar-refractivity contribution is 6.35. The van der Waals surface area contributed by atoms with Gasteiger partial charge in [0.1, 0.15) is 45.9 Å². The first-order chi connectivity index (χ1) is 57.5. The van der Waals surface area contributed by atoms with E-state index in [9.17, 15) is 49.9 Å². The third kappa shape index (κ3) is 19.8. The van der Waals surface area contributed by atoms with Gasteiger partial charge < -0.3 is 10.1 Å². The number of rotatable bonds is 6. The van der Waals surface area contributed by atoms with Gasteiger partial charge in [-0.15, -0.1) is 0 Å². The van der Waals surface area contributed by atoms with E-state index in [-0.39, 0.29) is 46.3 Å². The van der Waals surface area contributed by atoms with Gasteiger partial charge in [-0.05, 0) is 271 Å². The molecule has 0 aliphatic rings. The molecular formula is C101H76ClF7N6O5. The average molecular weight is 1620 g/mol. The molecule has 11 nitrogen and oxygen atoms in total. The van der Waals surface area contributed by atoms with E-state index in [1.807, 2.05) is 158 Å². The van der Waals surface area contributed by atoms with Crippen molar-refractivity contribution in [3.05, 3.63) is 401 Å². The van der Waals surface area contributed by atoms with Crippen LogP contribution in [0, 0.1) is 103 Å². The van der Waals surface area contributed by atoms with E-state index in [0.29, 0.717) is 86.5 Å². The van der Waals surface area contributed by atoms with Crippen molar-refractivity contribution in [2.75, 3.05) is 0 Å². The zero-order valence-electron chi connectivity index (χ0n) is 66.5. The highest BCUT2D eigenvalue weighted by Gasteiger charge is 2.16. The number of hydrogen-bond donors (Lipinski definition) is 2. The molecule has 1 amide bonds. The number of aliphatic carboxylic acids is 1. The Morgan fingerprint density at radius 3 is 1.22 bits per heavy atom. The highest BCUT2D eigenvalue weighted by atomic mass is 35.5. The Morgan fingerprint density at radius 2 is 0.750 bits per heavy atom. The molecule has 596 valence electrons. The van der Waals surface area contributed by atoms with E-state index < -0.39 is 11.9 Å². The van der Waals surface area contributed by atoms with Crippen LogP contribution in [0.25, 0.3) is 142 Å². The number of H-pyrrole nitrogens is 1. The molecule has 3 aromatic heterocycles. The van der Waals surface area contributed by atoms with E-state index in [1.54, 1.807) is 85.2 Å². The molecule has 0 aliphatic heterocycles. The van der Waals surface area contributed by atoms with Gasteiger partial charge in [0.05, 0.1) is 11.1 Å². The molecule has 3 heterocycles. The van der Waals surface area contributed by atoms with Crippen molar-refractivity contribution < 1.29 is 50.2 Å². The van der Waals surface area contributed by atoms with Gasteiger partial charge in [-0.1, -0.05) is 183 Å². The van der Waals surface area contributed by atoms with Crippen LogP contribution in [-0.2, 0) is 9.59 Å². The van der Waals surface area contributed by atoms with Gasteiger partial charge in [-0.2, -0.15) is 0 Å². The molecule has 19 heteroatoms. The molecule has 18 rings (SSSR count). The number of nitrogens with one attached hydrogen (secondary N) is 1. The molecule has 0 saturated heterocycles. The monoisotopic (exact) mass is 1620 g/mol. The van der Waals surface area contributed by atoms with Crippen LogP contribution in [0.4, 0.5) is 30.7 Å². The van der Waals surface area contributed by atoms with E-state index in [2.05, 4.69) is 57.0 Å². The minimum absolute atomic E-state index is 0.142. The predicted octanol–water partition coefficient (Wildman–Crippen LogP) is 27.6. The molecule has 0 fully saturated rings. The third-order valence-electron chi connectivity index (χ3n) is 19.9. The van der Waals surface area contributed by atoms with Crippen LogP contribution in [-0.4, -0.2) is 38.2 Å². The van der Waals surface area contributed by atoms with E-state index >= 15 is 0 Å². The Bertz CT molecular complexity index is 7270. The molecule has 0 atom stereocenters. The number of aromatic nitrogens is 3. The standard InChI is InChI=1S/C22H18FN.C14H9ClFN.C14H10FN3O.C14H10FNO.C14H11FO2.C12H9FO.C11H9F/c1-13-4-5-17-18-6-7-24-22(16-9-14(2)8-15(3)10-16)20(18)12-21(23)19(17)11-13;1-8-2-3-9-10-4-5-17-14(15)12(10)7-13(16)11(9)6-8;1-9-2-5-11-10(4-7-14(19)17-18-16)3-6-13(15)12(11)8-9;1-8-2-3-9-10-4-5-16-14(17)12(10)7-13(15)11(9)6-8;1-9-2-5-11-10(4-7-14(16)17)3-6-13(15)12(11)8-9;1-8-2-4-10-9(7-14)3-5-12(13)11(10)6-8;1-8-5-6-9-3-2-4-11(12)10(9)7-8/h4-12H,1-3H3;2-7H,1H3;2-8H,1H3;2-7H,1H3,(H,16,17);2-8H,1H3,(H,16,17);2-7H,1H3;2-7H,1H3/b;;7-4-;;7-4-;;. The summed E-state index contributed by atoms with van der Waals surface area (Å²) in [6, 6.07) is 69.4.